The van der Waals surface area contributed by atoms with Gasteiger partial charge in [0.15, 0.2) is 0 Å². The summed E-state index contributed by atoms with van der Waals surface area (Å²) in [6.07, 6.45) is 1.06. The Morgan fingerprint density at radius 2 is 1.79 bits per heavy atom. The fraction of sp³-hybridized carbons (Fsp3) is 0.263. The molecule has 5 heteroatoms. The highest BCUT2D eigenvalue weighted by Gasteiger charge is 2.22. The minimum atomic E-state index is -0.0128. The lowest BCUT2D eigenvalue weighted by molar-refractivity contribution is -0.130. The molecule has 0 atom stereocenters. The van der Waals surface area contributed by atoms with E-state index in [1.54, 1.807) is 19.2 Å². The third-order valence-electron chi connectivity index (χ3n) is 3.98. The van der Waals surface area contributed by atoms with Gasteiger partial charge in [0.25, 0.3) is 0 Å². The third-order valence-corrected chi connectivity index (χ3v) is 3.98. The Hall–Kier alpha value is -2.82. The molecule has 0 saturated carbocycles. The molecular weight excluding hydrogens is 304 g/mol. The molecule has 0 aromatic heterocycles. The highest BCUT2D eigenvalue weighted by molar-refractivity contribution is 6.03. The highest BCUT2D eigenvalue weighted by Crippen LogP contribution is 2.20. The molecule has 0 spiro atoms. The lowest BCUT2D eigenvalue weighted by Crippen LogP contribution is -2.25. The topological polar surface area (TPSA) is 51.1 Å². The summed E-state index contributed by atoms with van der Waals surface area (Å²) in [5.41, 5.74) is 2.82. The molecule has 0 radical (unpaired) electrons. The zero-order chi connectivity index (χ0) is 16.9. The molecular formula is C19H20N2O3. The van der Waals surface area contributed by atoms with Crippen molar-refractivity contribution in [2.24, 2.45) is 5.10 Å². The summed E-state index contributed by atoms with van der Waals surface area (Å²) in [4.78, 5) is 12.5. The number of nitrogens with zero attached hydrogens (tertiary/aromatic N) is 2. The summed E-state index contributed by atoms with van der Waals surface area (Å²) < 4.78 is 10.4. The Kier molecular flexibility index (Phi) is 4.79. The number of hydrogen-bond acceptors (Lipinski definition) is 4. The first-order chi connectivity index (χ1) is 11.7. The van der Waals surface area contributed by atoms with Crippen molar-refractivity contribution in [1.82, 2.24) is 5.01 Å². The third kappa shape index (κ3) is 3.56. The first kappa shape index (κ1) is 16.1. The molecule has 1 aliphatic heterocycles. The minimum Gasteiger partial charge on any atom is -0.497 e. The van der Waals surface area contributed by atoms with Crippen LogP contribution in [0.3, 0.4) is 0 Å². The van der Waals surface area contributed by atoms with Crippen molar-refractivity contribution in [2.45, 2.75) is 12.8 Å². The van der Waals surface area contributed by atoms with Gasteiger partial charge in [-0.1, -0.05) is 24.3 Å². The van der Waals surface area contributed by atoms with Gasteiger partial charge in [0.1, 0.15) is 11.5 Å². The van der Waals surface area contributed by atoms with Gasteiger partial charge in [-0.25, -0.2) is 5.01 Å². The van der Waals surface area contributed by atoms with Crippen molar-refractivity contribution in [1.29, 1.82) is 0 Å². The van der Waals surface area contributed by atoms with E-state index in [-0.39, 0.29) is 5.91 Å². The fourth-order valence-corrected chi connectivity index (χ4v) is 2.69. The Labute approximate surface area is 141 Å². The molecule has 1 amide bonds. The van der Waals surface area contributed by atoms with Crippen molar-refractivity contribution in [3.8, 4) is 11.5 Å². The lowest BCUT2D eigenvalue weighted by atomic mass is 10.1. The smallest absolute Gasteiger partial charge is 0.247 e. The molecule has 0 N–H and O–H groups in total. The number of carbonyl (C=O) groups is 1. The summed E-state index contributed by atoms with van der Waals surface area (Å²) in [5, 5.41) is 6.04. The van der Waals surface area contributed by atoms with Gasteiger partial charge in [0.2, 0.25) is 5.91 Å². The van der Waals surface area contributed by atoms with Crippen LogP contribution in [0.25, 0.3) is 0 Å². The van der Waals surface area contributed by atoms with E-state index in [1.807, 2.05) is 48.5 Å². The number of hydrogen-bond donors (Lipinski definition) is 0. The zero-order valence-electron chi connectivity index (χ0n) is 13.9. The number of amides is 1. The molecule has 2 aromatic carbocycles. The molecule has 1 heterocycles. The van der Waals surface area contributed by atoms with Gasteiger partial charge < -0.3 is 9.47 Å². The van der Waals surface area contributed by atoms with E-state index in [9.17, 15) is 4.79 Å². The summed E-state index contributed by atoms with van der Waals surface area (Å²) in [6, 6.07) is 15.3. The van der Waals surface area contributed by atoms with E-state index in [0.717, 1.165) is 34.8 Å². The van der Waals surface area contributed by atoms with E-state index >= 15 is 0 Å². The number of methoxy groups -OCH3 is 2. The SMILES string of the molecule is COc1cccc(CC(=O)N2CCC(c3cccc(OC)c3)=N2)c1. The molecule has 0 unspecified atom stereocenters. The average molecular weight is 324 g/mol. The predicted octanol–water partition coefficient (Wildman–Crippen LogP) is 2.88. The molecule has 0 bridgehead atoms. The second-order valence-electron chi connectivity index (χ2n) is 5.57. The minimum absolute atomic E-state index is 0.0128. The zero-order valence-corrected chi connectivity index (χ0v) is 13.9. The van der Waals surface area contributed by atoms with E-state index in [0.29, 0.717) is 13.0 Å². The van der Waals surface area contributed by atoms with Gasteiger partial charge >= 0.3 is 0 Å². The van der Waals surface area contributed by atoms with Crippen molar-refractivity contribution >= 4 is 11.6 Å². The molecule has 5 nitrogen and oxygen atoms in total. The van der Waals surface area contributed by atoms with Crippen LogP contribution in [0.2, 0.25) is 0 Å². The molecule has 0 fully saturated rings. The average Bonchev–Trinajstić information content (AvgIpc) is 3.12. The van der Waals surface area contributed by atoms with Crippen molar-refractivity contribution in [3.05, 3.63) is 59.7 Å². The molecule has 0 saturated heterocycles. The Morgan fingerprint density at radius 1 is 1.08 bits per heavy atom. The number of ether oxygens (including phenoxy) is 2. The Morgan fingerprint density at radius 3 is 2.54 bits per heavy atom. The summed E-state index contributed by atoms with van der Waals surface area (Å²) in [5.74, 6) is 1.53. The van der Waals surface area contributed by atoms with Gasteiger partial charge in [-0.3, -0.25) is 4.79 Å². The number of rotatable bonds is 5. The van der Waals surface area contributed by atoms with Crippen LogP contribution in [-0.2, 0) is 11.2 Å². The molecule has 124 valence electrons. The fourth-order valence-electron chi connectivity index (χ4n) is 2.69. The largest absolute Gasteiger partial charge is 0.497 e. The number of hydrazone groups is 1. The van der Waals surface area contributed by atoms with E-state index in [1.165, 1.54) is 0 Å². The highest BCUT2D eigenvalue weighted by atomic mass is 16.5. The molecule has 0 aliphatic carbocycles. The maximum atomic E-state index is 12.5. The van der Waals surface area contributed by atoms with E-state index < -0.39 is 0 Å². The summed E-state index contributed by atoms with van der Waals surface area (Å²) >= 11 is 0. The van der Waals surface area contributed by atoms with Gasteiger partial charge in [0.05, 0.1) is 32.9 Å². The van der Waals surface area contributed by atoms with Crippen LogP contribution >= 0.6 is 0 Å². The molecule has 1 aliphatic rings. The van der Waals surface area contributed by atoms with Crippen LogP contribution in [-0.4, -0.2) is 37.4 Å². The Balaban J connectivity index is 1.71. The number of benzene rings is 2. The van der Waals surface area contributed by atoms with Crippen LogP contribution in [0.15, 0.2) is 53.6 Å². The predicted molar refractivity (Wildman–Crippen MR) is 92.6 cm³/mol. The van der Waals surface area contributed by atoms with E-state index in [2.05, 4.69) is 5.10 Å². The summed E-state index contributed by atoms with van der Waals surface area (Å²) in [7, 11) is 3.26. The Bertz CT molecular complexity index is 771. The van der Waals surface area contributed by atoms with Crippen LogP contribution in [0.1, 0.15) is 17.5 Å². The van der Waals surface area contributed by atoms with Crippen molar-refractivity contribution < 1.29 is 14.3 Å². The lowest BCUT2D eigenvalue weighted by Gasteiger charge is -2.11. The van der Waals surface area contributed by atoms with Crippen LogP contribution < -0.4 is 9.47 Å². The van der Waals surface area contributed by atoms with Gasteiger partial charge in [0, 0.05) is 12.0 Å². The number of carbonyl (C=O) groups excluding carboxylic acids is 1. The quantitative estimate of drug-likeness (QED) is 0.850. The monoisotopic (exact) mass is 324 g/mol. The maximum absolute atomic E-state index is 12.5. The first-order valence-electron chi connectivity index (χ1n) is 7.85. The van der Waals surface area contributed by atoms with Crippen LogP contribution in [0.5, 0.6) is 11.5 Å². The molecule has 2 aromatic rings. The van der Waals surface area contributed by atoms with Gasteiger partial charge in [-0.15, -0.1) is 0 Å². The van der Waals surface area contributed by atoms with Crippen molar-refractivity contribution in [2.75, 3.05) is 20.8 Å². The first-order valence-corrected chi connectivity index (χ1v) is 7.85. The van der Waals surface area contributed by atoms with Gasteiger partial charge in [-0.2, -0.15) is 5.10 Å². The maximum Gasteiger partial charge on any atom is 0.247 e. The van der Waals surface area contributed by atoms with Gasteiger partial charge in [-0.05, 0) is 29.8 Å². The second kappa shape index (κ2) is 7.17. The summed E-state index contributed by atoms with van der Waals surface area (Å²) in [6.45, 7) is 0.606. The normalized spacial score (nSPS) is 13.6. The van der Waals surface area contributed by atoms with E-state index in [4.69, 9.17) is 9.47 Å². The second-order valence-corrected chi connectivity index (χ2v) is 5.57. The van der Waals surface area contributed by atoms with Crippen molar-refractivity contribution in [3.63, 3.8) is 0 Å². The standard InChI is InChI=1S/C19H20N2O3/c1-23-16-7-3-5-14(11-16)12-19(22)21-10-9-18(20-21)15-6-4-8-17(13-15)24-2/h3-8,11,13H,9-10,12H2,1-2H3. The molecule has 24 heavy (non-hydrogen) atoms. The van der Waals surface area contributed by atoms with Crippen LogP contribution in [0.4, 0.5) is 0 Å². The molecule has 3 rings (SSSR count). The van der Waals surface area contributed by atoms with Crippen LogP contribution in [0, 0.1) is 0 Å².